The number of hydrogen-bond acceptors (Lipinski definition) is 5. The van der Waals surface area contributed by atoms with Crippen LogP contribution in [-0.4, -0.2) is 23.0 Å². The van der Waals surface area contributed by atoms with Gasteiger partial charge in [0, 0.05) is 5.56 Å². The Bertz CT molecular complexity index is 556. The molecule has 0 unspecified atom stereocenters. The summed E-state index contributed by atoms with van der Waals surface area (Å²) in [6.07, 6.45) is -0.879. The van der Waals surface area contributed by atoms with Crippen molar-refractivity contribution in [3.8, 4) is 11.5 Å². The lowest BCUT2D eigenvalue weighted by molar-refractivity contribution is 0.167. The molecule has 6 nitrogen and oxygen atoms in total. The second kappa shape index (κ2) is 4.01. The Morgan fingerprint density at radius 1 is 1.38 bits per heavy atom. The summed E-state index contributed by atoms with van der Waals surface area (Å²) in [7, 11) is 1.16. The van der Waals surface area contributed by atoms with E-state index in [1.165, 1.54) is 0 Å². The van der Waals surface area contributed by atoms with Gasteiger partial charge in [0.15, 0.2) is 0 Å². The number of ether oxygens (including phenoxy) is 1. The standard InChI is InChI=1S/C10H8N2O4/c1-15-9(13)12-10(14)16-8(11-12)7-5-3-2-4-6-7/h2-6H,1H3. The molecule has 0 atom stereocenters. The van der Waals surface area contributed by atoms with Gasteiger partial charge in [-0.3, -0.25) is 0 Å². The Morgan fingerprint density at radius 2 is 2.06 bits per heavy atom. The molecular weight excluding hydrogens is 212 g/mol. The SMILES string of the molecule is COC(=O)n1nc(-c2ccccc2)oc1=O. The van der Waals surface area contributed by atoms with E-state index in [9.17, 15) is 9.59 Å². The van der Waals surface area contributed by atoms with E-state index in [1.807, 2.05) is 6.07 Å². The molecule has 1 heterocycles. The topological polar surface area (TPSA) is 74.3 Å². The summed E-state index contributed by atoms with van der Waals surface area (Å²) in [6, 6.07) is 8.79. The highest BCUT2D eigenvalue weighted by Gasteiger charge is 2.15. The first kappa shape index (κ1) is 10.2. The minimum absolute atomic E-state index is 0.0796. The molecule has 0 aliphatic rings. The molecule has 0 bridgehead atoms. The van der Waals surface area contributed by atoms with Crippen molar-refractivity contribution in [2.75, 3.05) is 7.11 Å². The van der Waals surface area contributed by atoms with Gasteiger partial charge in [-0.2, -0.15) is 0 Å². The molecule has 16 heavy (non-hydrogen) atoms. The van der Waals surface area contributed by atoms with Crippen LogP contribution in [0.4, 0.5) is 4.79 Å². The van der Waals surface area contributed by atoms with Gasteiger partial charge in [-0.25, -0.2) is 9.59 Å². The molecule has 0 fully saturated rings. The van der Waals surface area contributed by atoms with Gasteiger partial charge in [0.2, 0.25) is 5.89 Å². The predicted molar refractivity (Wildman–Crippen MR) is 54.0 cm³/mol. The quantitative estimate of drug-likeness (QED) is 0.719. The van der Waals surface area contributed by atoms with Crippen LogP contribution < -0.4 is 5.76 Å². The van der Waals surface area contributed by atoms with Crippen LogP contribution in [0.2, 0.25) is 0 Å². The van der Waals surface area contributed by atoms with Crippen molar-refractivity contribution < 1.29 is 13.9 Å². The molecule has 1 aromatic carbocycles. The minimum Gasteiger partial charge on any atom is -0.451 e. The third-order valence-electron chi connectivity index (χ3n) is 1.92. The molecule has 2 aromatic rings. The smallest absolute Gasteiger partial charge is 0.447 e. The molecule has 82 valence electrons. The van der Waals surface area contributed by atoms with Crippen LogP contribution >= 0.6 is 0 Å². The molecule has 0 saturated heterocycles. The van der Waals surface area contributed by atoms with Crippen LogP contribution in [0, 0.1) is 0 Å². The first-order valence-corrected chi connectivity index (χ1v) is 4.46. The molecule has 1 aromatic heterocycles. The van der Waals surface area contributed by atoms with E-state index in [0.717, 1.165) is 7.11 Å². The average Bonchev–Trinajstić information content (AvgIpc) is 2.71. The summed E-state index contributed by atoms with van der Waals surface area (Å²) in [6.45, 7) is 0. The monoisotopic (exact) mass is 220 g/mol. The number of rotatable bonds is 1. The van der Waals surface area contributed by atoms with Crippen LogP contribution in [-0.2, 0) is 4.74 Å². The molecule has 0 aliphatic heterocycles. The van der Waals surface area contributed by atoms with Crippen molar-refractivity contribution in [1.29, 1.82) is 0 Å². The van der Waals surface area contributed by atoms with Gasteiger partial charge >= 0.3 is 11.8 Å². The number of aromatic nitrogens is 2. The average molecular weight is 220 g/mol. The van der Waals surface area contributed by atoms with E-state index in [-0.39, 0.29) is 5.89 Å². The second-order valence-electron chi connectivity index (χ2n) is 2.92. The van der Waals surface area contributed by atoms with E-state index in [0.29, 0.717) is 10.2 Å². The zero-order valence-corrected chi connectivity index (χ0v) is 8.41. The molecule has 6 heteroatoms. The van der Waals surface area contributed by atoms with Gasteiger partial charge in [-0.1, -0.05) is 22.9 Å². The lowest BCUT2D eigenvalue weighted by atomic mass is 10.2. The molecule has 0 spiro atoms. The van der Waals surface area contributed by atoms with Crippen LogP contribution in [0.3, 0.4) is 0 Å². The first-order chi connectivity index (χ1) is 7.72. The Kier molecular flexibility index (Phi) is 2.55. The fourth-order valence-corrected chi connectivity index (χ4v) is 1.18. The summed E-state index contributed by atoms with van der Waals surface area (Å²) in [5.41, 5.74) is 0.613. The lowest BCUT2D eigenvalue weighted by Gasteiger charge is -1.93. The zero-order chi connectivity index (χ0) is 11.5. The normalized spacial score (nSPS) is 10.1. The maximum absolute atomic E-state index is 11.2. The highest BCUT2D eigenvalue weighted by Crippen LogP contribution is 2.13. The van der Waals surface area contributed by atoms with Crippen molar-refractivity contribution in [3.63, 3.8) is 0 Å². The maximum atomic E-state index is 11.2. The Balaban J connectivity index is 2.47. The van der Waals surface area contributed by atoms with Gasteiger partial charge in [-0.05, 0) is 12.1 Å². The number of nitrogens with zero attached hydrogens (tertiary/aromatic N) is 2. The van der Waals surface area contributed by atoms with E-state index >= 15 is 0 Å². The Morgan fingerprint density at radius 3 is 2.69 bits per heavy atom. The molecule has 0 aliphatic carbocycles. The molecule has 0 radical (unpaired) electrons. The van der Waals surface area contributed by atoms with Crippen molar-refractivity contribution >= 4 is 6.09 Å². The number of carbonyl (C=O) groups is 1. The van der Waals surface area contributed by atoms with Crippen molar-refractivity contribution in [1.82, 2.24) is 9.78 Å². The summed E-state index contributed by atoms with van der Waals surface area (Å²) in [4.78, 5) is 22.3. The van der Waals surface area contributed by atoms with Gasteiger partial charge in [0.1, 0.15) is 0 Å². The van der Waals surface area contributed by atoms with Crippen LogP contribution in [0.15, 0.2) is 39.5 Å². The number of methoxy groups -OCH3 is 1. The Labute approximate surface area is 90.1 Å². The maximum Gasteiger partial charge on any atom is 0.447 e. The van der Waals surface area contributed by atoms with Gasteiger partial charge in [-0.15, -0.1) is 5.10 Å². The highest BCUT2D eigenvalue weighted by molar-refractivity contribution is 5.69. The fraction of sp³-hybridized carbons (Fsp3) is 0.100. The third kappa shape index (κ3) is 1.72. The highest BCUT2D eigenvalue weighted by atomic mass is 16.5. The van der Waals surface area contributed by atoms with Gasteiger partial charge in [0.05, 0.1) is 7.11 Å². The summed E-state index contributed by atoms with van der Waals surface area (Å²) >= 11 is 0. The molecule has 2 rings (SSSR count). The summed E-state index contributed by atoms with van der Waals surface area (Å²) in [5.74, 6) is -0.790. The van der Waals surface area contributed by atoms with Gasteiger partial charge < -0.3 is 9.15 Å². The van der Waals surface area contributed by atoms with Crippen molar-refractivity contribution in [2.24, 2.45) is 0 Å². The summed E-state index contributed by atoms with van der Waals surface area (Å²) < 4.78 is 9.72. The van der Waals surface area contributed by atoms with Crippen LogP contribution in [0.25, 0.3) is 11.5 Å². The van der Waals surface area contributed by atoms with Crippen molar-refractivity contribution in [2.45, 2.75) is 0 Å². The zero-order valence-electron chi connectivity index (χ0n) is 8.41. The van der Waals surface area contributed by atoms with E-state index in [4.69, 9.17) is 4.42 Å². The molecular formula is C10H8N2O4. The fourth-order valence-electron chi connectivity index (χ4n) is 1.18. The molecule has 0 N–H and O–H groups in total. The van der Waals surface area contributed by atoms with E-state index in [1.54, 1.807) is 24.3 Å². The summed E-state index contributed by atoms with van der Waals surface area (Å²) in [5, 5.41) is 3.71. The van der Waals surface area contributed by atoms with Gasteiger partial charge in [0.25, 0.3) is 0 Å². The van der Waals surface area contributed by atoms with Crippen LogP contribution in [0.5, 0.6) is 0 Å². The number of carbonyl (C=O) groups excluding carboxylic acids is 1. The minimum atomic E-state index is -0.879. The van der Waals surface area contributed by atoms with Crippen molar-refractivity contribution in [3.05, 3.63) is 40.9 Å². The number of hydrogen-bond donors (Lipinski definition) is 0. The predicted octanol–water partition coefficient (Wildman–Crippen LogP) is 1.12. The van der Waals surface area contributed by atoms with E-state index < -0.39 is 11.8 Å². The first-order valence-electron chi connectivity index (χ1n) is 4.46. The molecule has 0 amide bonds. The second-order valence-corrected chi connectivity index (χ2v) is 2.92. The molecule has 0 saturated carbocycles. The third-order valence-corrected chi connectivity index (χ3v) is 1.92. The lowest BCUT2D eigenvalue weighted by Crippen LogP contribution is -2.24. The van der Waals surface area contributed by atoms with Crippen LogP contribution in [0.1, 0.15) is 0 Å². The van der Waals surface area contributed by atoms with E-state index in [2.05, 4.69) is 9.84 Å². The Hall–Kier alpha value is -2.37. The largest absolute Gasteiger partial charge is 0.451 e. The number of benzene rings is 1.